The number of hydrogen-bond donors (Lipinski definition) is 1. The molecule has 2 aliphatic rings. The Morgan fingerprint density at radius 3 is 2.14 bits per heavy atom. The highest BCUT2D eigenvalue weighted by atomic mass is 16.5. The number of nitrogens with one attached hydrogen (secondary N) is 1. The normalized spacial score (nSPS) is 23.6. The van der Waals surface area contributed by atoms with E-state index < -0.39 is 0 Å². The van der Waals surface area contributed by atoms with Gasteiger partial charge in [-0.25, -0.2) is 0 Å². The minimum Gasteiger partial charge on any atom is -0.468 e. The fraction of sp³-hybridized carbons (Fsp3) is 0.909. The van der Waals surface area contributed by atoms with Crippen LogP contribution in [0.4, 0.5) is 0 Å². The van der Waals surface area contributed by atoms with Crippen LogP contribution in [-0.2, 0) is 9.53 Å². The van der Waals surface area contributed by atoms with E-state index in [1.165, 1.54) is 32.8 Å². The standard InChI is InChI=1S/C11H19NO2/c1-7(11(13)14-2)12-10(8-3-4-8)9-5-6-9/h7-10,12H,3-6H2,1-2H3/t7-/m0/s1. The number of carbonyl (C=O) groups is 1. The maximum Gasteiger partial charge on any atom is 0.322 e. The fourth-order valence-corrected chi connectivity index (χ4v) is 2.10. The average molecular weight is 197 g/mol. The molecule has 0 saturated heterocycles. The van der Waals surface area contributed by atoms with Crippen molar-refractivity contribution < 1.29 is 9.53 Å². The van der Waals surface area contributed by atoms with Crippen LogP contribution in [0.1, 0.15) is 32.6 Å². The van der Waals surface area contributed by atoms with Crippen molar-refractivity contribution in [3.05, 3.63) is 0 Å². The van der Waals surface area contributed by atoms with Crippen LogP contribution in [0.3, 0.4) is 0 Å². The smallest absolute Gasteiger partial charge is 0.322 e. The average Bonchev–Trinajstić information content (AvgIpc) is 3.04. The van der Waals surface area contributed by atoms with Crippen LogP contribution in [0.25, 0.3) is 0 Å². The Morgan fingerprint density at radius 2 is 1.79 bits per heavy atom. The van der Waals surface area contributed by atoms with Gasteiger partial charge in [-0.3, -0.25) is 4.79 Å². The molecule has 1 atom stereocenters. The molecular weight excluding hydrogens is 178 g/mol. The predicted molar refractivity (Wildman–Crippen MR) is 53.8 cm³/mol. The molecule has 0 bridgehead atoms. The van der Waals surface area contributed by atoms with Gasteiger partial charge in [0.05, 0.1) is 7.11 Å². The summed E-state index contributed by atoms with van der Waals surface area (Å²) in [7, 11) is 1.45. The van der Waals surface area contributed by atoms with Crippen molar-refractivity contribution in [3.63, 3.8) is 0 Å². The van der Waals surface area contributed by atoms with E-state index in [0.717, 1.165) is 11.8 Å². The van der Waals surface area contributed by atoms with Crippen molar-refractivity contribution in [1.29, 1.82) is 0 Å². The molecule has 2 saturated carbocycles. The zero-order valence-corrected chi connectivity index (χ0v) is 8.95. The first-order chi connectivity index (χ1) is 6.72. The summed E-state index contributed by atoms with van der Waals surface area (Å²) in [5, 5.41) is 3.42. The van der Waals surface area contributed by atoms with Gasteiger partial charge < -0.3 is 10.1 Å². The third-order valence-corrected chi connectivity index (χ3v) is 3.26. The summed E-state index contributed by atoms with van der Waals surface area (Å²) in [6.45, 7) is 1.89. The van der Waals surface area contributed by atoms with E-state index in [0.29, 0.717) is 6.04 Å². The molecule has 3 nitrogen and oxygen atoms in total. The van der Waals surface area contributed by atoms with Crippen LogP contribution in [0.15, 0.2) is 0 Å². The van der Waals surface area contributed by atoms with E-state index >= 15 is 0 Å². The van der Waals surface area contributed by atoms with Crippen molar-refractivity contribution in [1.82, 2.24) is 5.32 Å². The number of hydrogen-bond acceptors (Lipinski definition) is 3. The van der Waals surface area contributed by atoms with Crippen molar-refractivity contribution >= 4 is 5.97 Å². The molecule has 0 aromatic carbocycles. The molecule has 2 aliphatic carbocycles. The molecule has 0 unspecified atom stereocenters. The van der Waals surface area contributed by atoms with Gasteiger partial charge in [-0.15, -0.1) is 0 Å². The molecule has 2 rings (SSSR count). The van der Waals surface area contributed by atoms with Gasteiger partial charge in [0.1, 0.15) is 6.04 Å². The van der Waals surface area contributed by atoms with Crippen molar-refractivity contribution in [2.24, 2.45) is 11.8 Å². The highest BCUT2D eigenvalue weighted by Gasteiger charge is 2.42. The lowest BCUT2D eigenvalue weighted by Crippen LogP contribution is -2.44. The molecule has 0 heterocycles. The molecule has 2 fully saturated rings. The minimum absolute atomic E-state index is 0.142. The number of carbonyl (C=O) groups excluding carboxylic acids is 1. The monoisotopic (exact) mass is 197 g/mol. The van der Waals surface area contributed by atoms with Gasteiger partial charge in [-0.05, 0) is 44.4 Å². The zero-order valence-electron chi connectivity index (χ0n) is 8.95. The van der Waals surface area contributed by atoms with Crippen LogP contribution >= 0.6 is 0 Å². The SMILES string of the molecule is COC(=O)[C@H](C)NC(C1CC1)C1CC1. The first-order valence-corrected chi connectivity index (χ1v) is 5.56. The van der Waals surface area contributed by atoms with Gasteiger partial charge in [0, 0.05) is 6.04 Å². The summed E-state index contributed by atoms with van der Waals surface area (Å²) in [5.74, 6) is 1.51. The number of rotatable bonds is 5. The lowest BCUT2D eigenvalue weighted by Gasteiger charge is -2.21. The second-order valence-electron chi connectivity index (χ2n) is 4.61. The number of methoxy groups -OCH3 is 1. The van der Waals surface area contributed by atoms with Crippen molar-refractivity contribution in [2.75, 3.05) is 7.11 Å². The van der Waals surface area contributed by atoms with Crippen LogP contribution in [0.5, 0.6) is 0 Å². The molecular formula is C11H19NO2. The lowest BCUT2D eigenvalue weighted by molar-refractivity contribution is -0.142. The molecule has 0 amide bonds. The molecule has 0 aromatic heterocycles. The molecule has 3 heteroatoms. The van der Waals surface area contributed by atoms with Crippen LogP contribution in [0, 0.1) is 11.8 Å². The van der Waals surface area contributed by atoms with Crippen molar-refractivity contribution in [3.8, 4) is 0 Å². The largest absolute Gasteiger partial charge is 0.468 e. The zero-order chi connectivity index (χ0) is 10.1. The first kappa shape index (κ1) is 9.97. The van der Waals surface area contributed by atoms with E-state index in [9.17, 15) is 4.79 Å². The highest BCUT2D eigenvalue weighted by Crippen LogP contribution is 2.44. The second kappa shape index (κ2) is 3.89. The maximum absolute atomic E-state index is 11.2. The molecule has 80 valence electrons. The molecule has 1 N–H and O–H groups in total. The highest BCUT2D eigenvalue weighted by molar-refractivity contribution is 5.75. The summed E-state index contributed by atoms with van der Waals surface area (Å²) in [4.78, 5) is 11.2. The molecule has 14 heavy (non-hydrogen) atoms. The molecule has 0 aliphatic heterocycles. The summed E-state index contributed by atoms with van der Waals surface area (Å²) in [6, 6.07) is 0.426. The Labute approximate surface area is 85.2 Å². The Hall–Kier alpha value is -0.570. The third kappa shape index (κ3) is 2.27. The van der Waals surface area contributed by atoms with E-state index in [-0.39, 0.29) is 12.0 Å². The van der Waals surface area contributed by atoms with Gasteiger partial charge in [-0.2, -0.15) is 0 Å². The van der Waals surface area contributed by atoms with E-state index in [4.69, 9.17) is 4.74 Å². The fourth-order valence-electron chi connectivity index (χ4n) is 2.10. The summed E-state index contributed by atoms with van der Waals surface area (Å²) >= 11 is 0. The van der Waals surface area contributed by atoms with Crippen LogP contribution in [-0.4, -0.2) is 25.2 Å². The van der Waals surface area contributed by atoms with Crippen LogP contribution in [0.2, 0.25) is 0 Å². The van der Waals surface area contributed by atoms with E-state index in [1.807, 2.05) is 6.92 Å². The summed E-state index contributed by atoms with van der Waals surface area (Å²) in [5.41, 5.74) is 0. The van der Waals surface area contributed by atoms with Gasteiger partial charge in [0.2, 0.25) is 0 Å². The minimum atomic E-state index is -0.147. The van der Waals surface area contributed by atoms with E-state index in [2.05, 4.69) is 5.32 Å². The molecule has 0 aromatic rings. The predicted octanol–water partition coefficient (Wildman–Crippen LogP) is 1.33. The lowest BCUT2D eigenvalue weighted by atomic mass is 10.1. The Morgan fingerprint density at radius 1 is 1.29 bits per heavy atom. The first-order valence-electron chi connectivity index (χ1n) is 5.56. The number of ether oxygens (including phenoxy) is 1. The second-order valence-corrected chi connectivity index (χ2v) is 4.61. The maximum atomic E-state index is 11.2. The molecule has 0 spiro atoms. The van der Waals surface area contributed by atoms with Gasteiger partial charge in [0.25, 0.3) is 0 Å². The Balaban J connectivity index is 1.83. The van der Waals surface area contributed by atoms with E-state index in [1.54, 1.807) is 0 Å². The number of esters is 1. The summed E-state index contributed by atoms with van der Waals surface area (Å²) in [6.07, 6.45) is 5.34. The third-order valence-electron chi connectivity index (χ3n) is 3.26. The topological polar surface area (TPSA) is 38.3 Å². The Kier molecular flexibility index (Phi) is 2.77. The van der Waals surface area contributed by atoms with Crippen molar-refractivity contribution in [2.45, 2.75) is 44.7 Å². The quantitative estimate of drug-likeness (QED) is 0.676. The Bertz CT molecular complexity index is 209. The van der Waals surface area contributed by atoms with Gasteiger partial charge >= 0.3 is 5.97 Å². The van der Waals surface area contributed by atoms with Gasteiger partial charge in [0.15, 0.2) is 0 Å². The summed E-state index contributed by atoms with van der Waals surface area (Å²) < 4.78 is 4.71. The molecule has 0 radical (unpaired) electrons. The van der Waals surface area contributed by atoms with Crippen LogP contribution < -0.4 is 5.32 Å². The van der Waals surface area contributed by atoms with Gasteiger partial charge in [-0.1, -0.05) is 0 Å².